The van der Waals surface area contributed by atoms with Crippen molar-refractivity contribution in [3.05, 3.63) is 71.9 Å². The monoisotopic (exact) mass is 665 g/mol. The Labute approximate surface area is 312 Å². The van der Waals surface area contributed by atoms with E-state index >= 15 is 0 Å². The number of carbonyl (C=O) groups is 1. The fraction of sp³-hybridized carbons (Fsp3) is 0.333. The molecule has 0 saturated heterocycles. The van der Waals surface area contributed by atoms with Gasteiger partial charge >= 0.3 is 57.4 Å². The van der Waals surface area contributed by atoms with Crippen LogP contribution in [-0.4, -0.2) is 38.2 Å². The number of unbranched alkanes of at least 4 members (excludes halogenated alkanes) is 3. The van der Waals surface area contributed by atoms with Crippen LogP contribution in [-0.2, 0) is 24.2 Å². The van der Waals surface area contributed by atoms with Gasteiger partial charge in [0, 0.05) is 12.5 Å². The van der Waals surface area contributed by atoms with Crippen molar-refractivity contribution in [3.63, 3.8) is 0 Å². The van der Waals surface area contributed by atoms with E-state index in [1.165, 1.54) is 11.1 Å². The zero-order valence-corrected chi connectivity index (χ0v) is 29.6. The average Bonchev–Trinajstić information content (AvgIpc) is 3.44. The second-order valence-corrected chi connectivity index (χ2v) is 10.4. The molecule has 3 heterocycles. The van der Waals surface area contributed by atoms with Gasteiger partial charge in [-0.15, -0.1) is 0 Å². The van der Waals surface area contributed by atoms with Crippen molar-refractivity contribution < 1.29 is 114 Å². The molecule has 11 heteroatoms. The smallest absolute Gasteiger partial charge is 1.00 e. The van der Waals surface area contributed by atoms with E-state index in [9.17, 15) is 4.79 Å². The Bertz CT molecular complexity index is 1580. The number of nitrogens with zero attached hydrogens (tertiary/aromatic N) is 1. The molecule has 2 aliphatic rings. The van der Waals surface area contributed by atoms with Crippen LogP contribution in [0.25, 0.3) is 22.0 Å². The van der Waals surface area contributed by atoms with Crippen molar-refractivity contribution in [2.45, 2.75) is 45.1 Å². The van der Waals surface area contributed by atoms with Gasteiger partial charge in [0.05, 0.1) is 37.7 Å². The van der Waals surface area contributed by atoms with E-state index in [1.807, 2.05) is 18.2 Å². The summed E-state index contributed by atoms with van der Waals surface area (Å²) in [4.78, 5) is 10.8. The number of rotatable bonds is 12. The van der Waals surface area contributed by atoms with Crippen LogP contribution in [0.2, 0.25) is 0 Å². The summed E-state index contributed by atoms with van der Waals surface area (Å²) in [5, 5.41) is 11.0. The van der Waals surface area contributed by atoms with E-state index in [0.29, 0.717) is 13.2 Å². The summed E-state index contributed by atoms with van der Waals surface area (Å²) in [5.41, 5.74) is 4.38. The molecule has 0 unspecified atom stereocenters. The third-order valence-electron chi connectivity index (χ3n) is 7.63. The molecule has 8 nitrogen and oxygen atoms in total. The molecule has 3 aromatic carbocycles. The Balaban J connectivity index is 0.00000176. The van der Waals surface area contributed by atoms with Gasteiger partial charge in [0.15, 0.2) is 35.7 Å². The average molecular weight is 667 g/mol. The van der Waals surface area contributed by atoms with Gasteiger partial charge in [-0.1, -0.05) is 12.1 Å². The molecule has 228 valence electrons. The maximum atomic E-state index is 10.8. The minimum absolute atomic E-state index is 0. The van der Waals surface area contributed by atoms with Crippen LogP contribution >= 0.6 is 0 Å². The summed E-state index contributed by atoms with van der Waals surface area (Å²) >= 11 is 0. The topological polar surface area (TPSA) is 87.3 Å². The van der Waals surface area contributed by atoms with E-state index in [0.717, 1.165) is 89.4 Å². The summed E-state index contributed by atoms with van der Waals surface area (Å²) in [5.74, 6) is 3.08. The zero-order valence-electron chi connectivity index (χ0n) is 24.9. The number of hydrogen-bond donors (Lipinski definition) is 1. The number of carboxylic acids is 1. The number of pyridine rings is 1. The number of aromatic nitrogens is 1. The standard InChI is InChI=1S/C33H33NO7.2ClH.K/c1-37-29-11-8-23-17-28-26-19-31-30(40-21-41-31)18-24(26)12-13-34(28)20-27(23)33(29)39-15-5-3-2-4-14-38-25-9-6-22(7-10-25)16-32(35)36;;;/h6-11,17-20H,2-5,12-16,21H2,1H3;2*1H;/q;;;+1/p-1. The first-order chi connectivity index (χ1) is 20.1. The first kappa shape index (κ1) is 36.2. The number of halogens is 2. The summed E-state index contributed by atoms with van der Waals surface area (Å²) in [7, 11) is 1.68. The molecular formula is C33H34Cl2KNO7. The number of benzene rings is 3. The minimum atomic E-state index is -0.833. The molecule has 1 aromatic heterocycles. The number of ether oxygens (including phenoxy) is 5. The van der Waals surface area contributed by atoms with Gasteiger partial charge in [0.1, 0.15) is 5.75 Å². The third-order valence-corrected chi connectivity index (χ3v) is 7.63. The Hall–Kier alpha value is -2.24. The molecule has 0 saturated carbocycles. The third kappa shape index (κ3) is 8.31. The van der Waals surface area contributed by atoms with Crippen molar-refractivity contribution in [1.82, 2.24) is 0 Å². The summed E-state index contributed by atoms with van der Waals surface area (Å²) < 4.78 is 31.3. The SMILES string of the molecule is COc1ccc2cc3[n+](cc2c1OCCCCCCOc1ccc(CC(=O)O)cc1)CCc1cc2c(cc1-3)OCO2.[Cl-].[Cl-].[K+]. The Morgan fingerprint density at radius 1 is 0.909 bits per heavy atom. The number of hydrogen-bond acceptors (Lipinski definition) is 6. The van der Waals surface area contributed by atoms with Crippen molar-refractivity contribution in [1.29, 1.82) is 0 Å². The fourth-order valence-corrected chi connectivity index (χ4v) is 5.51. The predicted octanol–water partition coefficient (Wildman–Crippen LogP) is -3.25. The molecule has 4 aromatic rings. The number of carboxylic acid groups (broad SMARTS) is 1. The molecule has 6 rings (SSSR count). The molecule has 0 bridgehead atoms. The van der Waals surface area contributed by atoms with Crippen molar-refractivity contribution in [3.8, 4) is 40.0 Å². The van der Waals surface area contributed by atoms with Gasteiger partial charge in [-0.05, 0) is 78.6 Å². The van der Waals surface area contributed by atoms with Crippen LogP contribution in [0.5, 0.6) is 28.7 Å². The van der Waals surface area contributed by atoms with Gasteiger partial charge in [0.25, 0.3) is 0 Å². The molecule has 2 aliphatic heterocycles. The van der Waals surface area contributed by atoms with E-state index in [2.05, 4.69) is 35.0 Å². The van der Waals surface area contributed by atoms with E-state index < -0.39 is 5.97 Å². The number of methoxy groups -OCH3 is 1. The van der Waals surface area contributed by atoms with E-state index in [-0.39, 0.29) is 89.4 Å². The van der Waals surface area contributed by atoms with Crippen LogP contribution in [0.4, 0.5) is 0 Å². The van der Waals surface area contributed by atoms with Crippen molar-refractivity contribution >= 4 is 16.7 Å². The minimum Gasteiger partial charge on any atom is -1.00 e. The largest absolute Gasteiger partial charge is 1.00 e. The van der Waals surface area contributed by atoms with Gasteiger partial charge in [-0.25, -0.2) is 0 Å². The Morgan fingerprint density at radius 2 is 1.61 bits per heavy atom. The molecule has 0 amide bonds. The van der Waals surface area contributed by atoms with Crippen molar-refractivity contribution in [2.24, 2.45) is 0 Å². The van der Waals surface area contributed by atoms with Gasteiger partial charge in [0.2, 0.25) is 12.5 Å². The molecular weight excluding hydrogens is 632 g/mol. The van der Waals surface area contributed by atoms with E-state index in [1.54, 1.807) is 19.2 Å². The first-order valence-electron chi connectivity index (χ1n) is 14.1. The normalized spacial score (nSPS) is 12.1. The van der Waals surface area contributed by atoms with Gasteiger partial charge < -0.3 is 53.6 Å². The second kappa shape index (κ2) is 16.9. The van der Waals surface area contributed by atoms with Gasteiger partial charge in [-0.3, -0.25) is 4.79 Å². The Kier molecular flexibility index (Phi) is 13.9. The molecule has 0 radical (unpaired) electrons. The van der Waals surface area contributed by atoms with E-state index in [4.69, 9.17) is 28.8 Å². The Morgan fingerprint density at radius 3 is 2.32 bits per heavy atom. The molecule has 44 heavy (non-hydrogen) atoms. The number of fused-ring (bicyclic) bond motifs is 5. The van der Waals surface area contributed by atoms with Crippen LogP contribution in [0.3, 0.4) is 0 Å². The molecule has 0 atom stereocenters. The quantitative estimate of drug-likeness (QED) is 0.0967. The van der Waals surface area contributed by atoms with Crippen LogP contribution in [0.1, 0.15) is 36.8 Å². The van der Waals surface area contributed by atoms with Crippen LogP contribution in [0.15, 0.2) is 60.8 Å². The maximum absolute atomic E-state index is 10.8. The van der Waals surface area contributed by atoms with Gasteiger partial charge in [-0.2, -0.15) is 4.57 Å². The maximum Gasteiger partial charge on any atom is 1.00 e. The number of aliphatic carboxylic acids is 1. The van der Waals surface area contributed by atoms with Crippen molar-refractivity contribution in [2.75, 3.05) is 27.1 Å². The van der Waals surface area contributed by atoms with Crippen LogP contribution < -0.4 is 104 Å². The summed E-state index contributed by atoms with van der Waals surface area (Å²) in [6.07, 6.45) is 7.08. The first-order valence-corrected chi connectivity index (χ1v) is 14.1. The molecule has 1 N–H and O–H groups in total. The molecule has 0 aliphatic carbocycles. The summed E-state index contributed by atoms with van der Waals surface area (Å²) in [6, 6.07) is 17.7. The zero-order chi connectivity index (χ0) is 28.2. The molecule has 0 fully saturated rings. The summed E-state index contributed by atoms with van der Waals surface area (Å²) in [6.45, 7) is 2.39. The number of aryl methyl sites for hydroxylation is 2. The predicted molar refractivity (Wildman–Crippen MR) is 153 cm³/mol. The van der Waals surface area contributed by atoms with Crippen LogP contribution in [0, 0.1) is 0 Å². The molecule has 0 spiro atoms. The fourth-order valence-electron chi connectivity index (χ4n) is 5.51. The second-order valence-electron chi connectivity index (χ2n) is 10.4.